The minimum atomic E-state index is -0.497. The van der Waals surface area contributed by atoms with Gasteiger partial charge in [-0.2, -0.15) is 0 Å². The van der Waals surface area contributed by atoms with E-state index in [0.29, 0.717) is 18.7 Å². The first-order chi connectivity index (χ1) is 16.4. The van der Waals surface area contributed by atoms with E-state index in [1.54, 1.807) is 17.0 Å². The number of likely N-dealkylation sites (tertiary alicyclic amines) is 1. The molecule has 1 aliphatic rings. The third-order valence-electron chi connectivity index (χ3n) is 6.15. The van der Waals surface area contributed by atoms with Gasteiger partial charge in [0.1, 0.15) is 5.82 Å². The Balaban J connectivity index is 1.51. The average Bonchev–Trinajstić information content (AvgIpc) is 2.86. The van der Waals surface area contributed by atoms with E-state index in [9.17, 15) is 14.0 Å². The molecule has 7 heteroatoms. The fourth-order valence-corrected chi connectivity index (χ4v) is 4.27. The first-order valence-electron chi connectivity index (χ1n) is 11.3. The van der Waals surface area contributed by atoms with Crippen LogP contribution in [0, 0.1) is 11.7 Å². The van der Waals surface area contributed by atoms with Crippen molar-refractivity contribution in [2.45, 2.75) is 12.3 Å². The lowest BCUT2D eigenvalue weighted by atomic mass is 9.84. The van der Waals surface area contributed by atoms with Crippen molar-refractivity contribution in [3.63, 3.8) is 0 Å². The zero-order valence-corrected chi connectivity index (χ0v) is 19.4. The normalized spacial score (nSPS) is 17.7. The lowest BCUT2D eigenvalue weighted by Crippen LogP contribution is -2.48. The first kappa shape index (κ1) is 23.3. The van der Waals surface area contributed by atoms with Gasteiger partial charge in [-0.3, -0.25) is 4.79 Å². The monoisotopic (exact) mass is 460 g/mol. The van der Waals surface area contributed by atoms with Crippen molar-refractivity contribution >= 4 is 29.0 Å². The fourth-order valence-electron chi connectivity index (χ4n) is 4.27. The van der Waals surface area contributed by atoms with Gasteiger partial charge in [0.15, 0.2) is 0 Å². The lowest BCUT2D eigenvalue weighted by Gasteiger charge is -2.37. The van der Waals surface area contributed by atoms with Gasteiger partial charge in [-0.25, -0.2) is 9.18 Å². The molecule has 176 valence electrons. The minimum Gasteiger partial charge on any atom is -0.378 e. The van der Waals surface area contributed by atoms with Crippen LogP contribution in [-0.2, 0) is 4.79 Å². The molecule has 1 heterocycles. The van der Waals surface area contributed by atoms with E-state index in [4.69, 9.17) is 0 Å². The first-order valence-corrected chi connectivity index (χ1v) is 11.3. The Morgan fingerprint density at radius 2 is 1.56 bits per heavy atom. The predicted molar refractivity (Wildman–Crippen MR) is 134 cm³/mol. The van der Waals surface area contributed by atoms with Crippen LogP contribution in [0.1, 0.15) is 17.9 Å². The molecule has 3 amide bonds. The molecular weight excluding hydrogens is 431 g/mol. The molecule has 1 aliphatic heterocycles. The van der Waals surface area contributed by atoms with E-state index in [0.717, 1.165) is 11.3 Å². The molecule has 0 saturated carbocycles. The highest BCUT2D eigenvalue weighted by atomic mass is 19.1. The van der Waals surface area contributed by atoms with Crippen LogP contribution in [0.25, 0.3) is 0 Å². The summed E-state index contributed by atoms with van der Waals surface area (Å²) >= 11 is 0. The van der Waals surface area contributed by atoms with Crippen LogP contribution in [0.3, 0.4) is 0 Å². The number of nitrogens with zero attached hydrogens (tertiary/aromatic N) is 2. The third-order valence-corrected chi connectivity index (χ3v) is 6.15. The second-order valence-corrected chi connectivity index (χ2v) is 8.79. The van der Waals surface area contributed by atoms with Crippen LogP contribution in [-0.4, -0.2) is 44.0 Å². The second kappa shape index (κ2) is 10.4. The molecular formula is C27H29FN4O2. The summed E-state index contributed by atoms with van der Waals surface area (Å²) in [6.07, 6.45) is 0.620. The van der Waals surface area contributed by atoms with Gasteiger partial charge in [-0.05, 0) is 48.4 Å². The largest absolute Gasteiger partial charge is 0.378 e. The van der Waals surface area contributed by atoms with E-state index in [2.05, 4.69) is 10.6 Å². The number of halogens is 1. The van der Waals surface area contributed by atoms with Crippen LogP contribution < -0.4 is 15.5 Å². The Bertz CT molecular complexity index is 1130. The lowest BCUT2D eigenvalue weighted by molar-refractivity contribution is -0.121. The highest BCUT2D eigenvalue weighted by molar-refractivity contribution is 5.94. The van der Waals surface area contributed by atoms with Crippen LogP contribution in [0.2, 0.25) is 0 Å². The number of carbonyl (C=O) groups is 2. The van der Waals surface area contributed by atoms with Crippen LogP contribution in [0.5, 0.6) is 0 Å². The summed E-state index contributed by atoms with van der Waals surface area (Å²) in [5.74, 6) is -1.04. The van der Waals surface area contributed by atoms with Gasteiger partial charge in [0.2, 0.25) is 5.91 Å². The van der Waals surface area contributed by atoms with E-state index in [-0.39, 0.29) is 24.1 Å². The maximum Gasteiger partial charge on any atom is 0.321 e. The molecule has 0 bridgehead atoms. The SMILES string of the molecule is CN(C)c1ccc(NC(=O)C2CC(c3ccccc3)CN(C(=O)Nc3ccccc3F)C2)cc1. The Morgan fingerprint density at radius 3 is 2.24 bits per heavy atom. The Kier molecular flexibility index (Phi) is 7.11. The molecule has 2 unspecified atom stereocenters. The van der Waals surface area contributed by atoms with E-state index < -0.39 is 17.8 Å². The number of para-hydroxylation sites is 1. The van der Waals surface area contributed by atoms with Crippen molar-refractivity contribution < 1.29 is 14.0 Å². The van der Waals surface area contributed by atoms with E-state index >= 15 is 0 Å². The number of hydrogen-bond donors (Lipinski definition) is 2. The average molecular weight is 461 g/mol. The van der Waals surface area contributed by atoms with E-state index in [1.165, 1.54) is 12.1 Å². The van der Waals surface area contributed by atoms with Gasteiger partial charge in [0.05, 0.1) is 11.6 Å². The summed E-state index contributed by atoms with van der Waals surface area (Å²) in [4.78, 5) is 29.8. The smallest absolute Gasteiger partial charge is 0.321 e. The Morgan fingerprint density at radius 1 is 0.882 bits per heavy atom. The maximum atomic E-state index is 14.1. The standard InChI is InChI=1S/C27H29FN4O2/c1-31(2)23-14-12-22(13-15-23)29-26(33)21-16-20(19-8-4-3-5-9-19)17-32(18-21)27(34)30-25-11-7-6-10-24(25)28/h3-15,20-21H,16-18H2,1-2H3,(H,29,33)(H,30,34). The zero-order valence-electron chi connectivity index (χ0n) is 19.4. The number of amides is 3. The highest BCUT2D eigenvalue weighted by Gasteiger charge is 2.34. The summed E-state index contributed by atoms with van der Waals surface area (Å²) < 4.78 is 14.1. The van der Waals surface area contributed by atoms with Gasteiger partial charge < -0.3 is 20.4 Å². The quantitative estimate of drug-likeness (QED) is 0.552. The van der Waals surface area contributed by atoms with Crippen molar-refractivity contribution in [2.24, 2.45) is 5.92 Å². The van der Waals surface area contributed by atoms with Crippen molar-refractivity contribution in [1.82, 2.24) is 4.90 Å². The van der Waals surface area contributed by atoms with Gasteiger partial charge in [-0.1, -0.05) is 42.5 Å². The highest BCUT2D eigenvalue weighted by Crippen LogP contribution is 2.32. The summed E-state index contributed by atoms with van der Waals surface area (Å²) in [5, 5.41) is 5.65. The maximum absolute atomic E-state index is 14.1. The van der Waals surface area contributed by atoms with Gasteiger partial charge >= 0.3 is 6.03 Å². The molecule has 1 fully saturated rings. The summed E-state index contributed by atoms with van der Waals surface area (Å²) in [5.41, 5.74) is 2.94. The third kappa shape index (κ3) is 5.54. The number of piperidine rings is 1. The molecule has 3 aromatic carbocycles. The number of urea groups is 1. The van der Waals surface area contributed by atoms with Crippen molar-refractivity contribution in [2.75, 3.05) is 42.7 Å². The van der Waals surface area contributed by atoms with E-state index in [1.807, 2.05) is 73.6 Å². The number of hydrogen-bond acceptors (Lipinski definition) is 3. The van der Waals surface area contributed by atoms with Crippen molar-refractivity contribution in [3.8, 4) is 0 Å². The molecule has 0 aromatic heterocycles. The Labute approximate surface area is 199 Å². The molecule has 0 spiro atoms. The van der Waals surface area contributed by atoms with Crippen molar-refractivity contribution in [3.05, 3.63) is 90.2 Å². The summed E-state index contributed by atoms with van der Waals surface area (Å²) in [7, 11) is 3.92. The second-order valence-electron chi connectivity index (χ2n) is 8.79. The summed E-state index contributed by atoms with van der Waals surface area (Å²) in [6, 6.07) is 23.1. The number of carbonyl (C=O) groups excluding carboxylic acids is 2. The molecule has 0 aliphatic carbocycles. The predicted octanol–water partition coefficient (Wildman–Crippen LogP) is 5.17. The molecule has 2 atom stereocenters. The van der Waals surface area contributed by atoms with Crippen molar-refractivity contribution in [1.29, 1.82) is 0 Å². The minimum absolute atomic E-state index is 0.00631. The number of rotatable bonds is 5. The summed E-state index contributed by atoms with van der Waals surface area (Å²) in [6.45, 7) is 0.705. The van der Waals surface area contributed by atoms with Crippen LogP contribution in [0.4, 0.5) is 26.2 Å². The molecule has 6 nitrogen and oxygen atoms in total. The van der Waals surface area contributed by atoms with Crippen LogP contribution in [0.15, 0.2) is 78.9 Å². The van der Waals surface area contributed by atoms with Gasteiger partial charge in [0, 0.05) is 44.5 Å². The molecule has 3 aromatic rings. The molecule has 1 saturated heterocycles. The van der Waals surface area contributed by atoms with Gasteiger partial charge in [-0.15, -0.1) is 0 Å². The number of nitrogens with one attached hydrogen (secondary N) is 2. The van der Waals surface area contributed by atoms with Gasteiger partial charge in [0.25, 0.3) is 0 Å². The molecule has 2 N–H and O–H groups in total. The molecule has 0 radical (unpaired) electrons. The molecule has 4 rings (SSSR count). The molecule has 34 heavy (non-hydrogen) atoms. The van der Waals surface area contributed by atoms with Crippen LogP contribution >= 0.6 is 0 Å². The number of anilines is 3. The topological polar surface area (TPSA) is 64.7 Å². The number of benzene rings is 3. The zero-order chi connectivity index (χ0) is 24.1. The fraction of sp³-hybridized carbons (Fsp3) is 0.259. The Hall–Kier alpha value is -3.87.